The Kier molecular flexibility index (Phi) is 6.35. The third-order valence-corrected chi connectivity index (χ3v) is 5.06. The van der Waals surface area contributed by atoms with Crippen molar-refractivity contribution in [3.8, 4) is 27.8 Å². The molecular weight excluding hydrogens is 448 g/mol. The minimum absolute atomic E-state index is 0.0445. The first kappa shape index (κ1) is 22.7. The summed E-state index contributed by atoms with van der Waals surface area (Å²) in [6, 6.07) is 6.26. The molecule has 3 aromatic rings. The van der Waals surface area contributed by atoms with Crippen molar-refractivity contribution in [2.75, 3.05) is 14.2 Å². The normalized spacial score (nSPS) is 12.0. The summed E-state index contributed by atoms with van der Waals surface area (Å²) in [6.07, 6.45) is -9.90. The van der Waals surface area contributed by atoms with Crippen LogP contribution in [0.1, 0.15) is 16.8 Å². The molecule has 0 spiro atoms. The van der Waals surface area contributed by atoms with E-state index in [4.69, 9.17) is 14.2 Å². The molecule has 3 rings (SSSR count). The Morgan fingerprint density at radius 2 is 1.55 bits per heavy atom. The molecule has 0 aliphatic rings. The fourth-order valence-electron chi connectivity index (χ4n) is 2.72. The van der Waals surface area contributed by atoms with Gasteiger partial charge in [-0.25, -0.2) is 4.98 Å². The zero-order chi connectivity index (χ0) is 22.8. The summed E-state index contributed by atoms with van der Waals surface area (Å²) < 4.78 is 93.6. The van der Waals surface area contributed by atoms with Gasteiger partial charge >= 0.3 is 12.4 Å². The zero-order valence-electron chi connectivity index (χ0n) is 16.1. The second-order valence-electron chi connectivity index (χ2n) is 6.22. The predicted molar refractivity (Wildman–Crippen MR) is 101 cm³/mol. The van der Waals surface area contributed by atoms with Gasteiger partial charge in [0.1, 0.15) is 17.4 Å². The summed E-state index contributed by atoms with van der Waals surface area (Å²) in [5.41, 5.74) is -1.94. The molecule has 0 radical (unpaired) electrons. The average molecular weight is 463 g/mol. The van der Waals surface area contributed by atoms with Crippen molar-refractivity contribution < 1.29 is 40.6 Å². The van der Waals surface area contributed by atoms with Gasteiger partial charge < -0.3 is 14.2 Å². The molecule has 0 atom stereocenters. The second-order valence-corrected chi connectivity index (χ2v) is 7.07. The lowest BCUT2D eigenvalue weighted by atomic mass is 10.1. The number of rotatable bonds is 6. The number of para-hydroxylation sites is 1. The Hall–Kier alpha value is -2.95. The molecule has 0 fully saturated rings. The summed E-state index contributed by atoms with van der Waals surface area (Å²) in [4.78, 5) is 4.34. The number of hydrogen-bond donors (Lipinski definition) is 0. The molecule has 0 saturated heterocycles. The largest absolute Gasteiger partial charge is 0.493 e. The monoisotopic (exact) mass is 463 g/mol. The lowest BCUT2D eigenvalue weighted by Crippen LogP contribution is -2.11. The molecule has 1 aromatic heterocycles. The molecule has 0 amide bonds. The Labute approximate surface area is 177 Å². The van der Waals surface area contributed by atoms with E-state index < -0.39 is 29.2 Å². The highest BCUT2D eigenvalue weighted by molar-refractivity contribution is 7.13. The van der Waals surface area contributed by atoms with Gasteiger partial charge in [0.15, 0.2) is 11.5 Å². The number of thiazole rings is 1. The van der Waals surface area contributed by atoms with Crippen LogP contribution in [0.3, 0.4) is 0 Å². The maximum atomic E-state index is 13.0. The van der Waals surface area contributed by atoms with Gasteiger partial charge in [-0.05, 0) is 30.3 Å². The van der Waals surface area contributed by atoms with E-state index in [0.717, 1.165) is 0 Å². The fourth-order valence-corrected chi connectivity index (χ4v) is 3.55. The van der Waals surface area contributed by atoms with Crippen LogP contribution in [-0.4, -0.2) is 19.2 Å². The van der Waals surface area contributed by atoms with E-state index in [1.807, 2.05) is 0 Å². The van der Waals surface area contributed by atoms with Crippen LogP contribution in [0, 0.1) is 0 Å². The van der Waals surface area contributed by atoms with Gasteiger partial charge in [0.2, 0.25) is 0 Å². The number of benzene rings is 2. The van der Waals surface area contributed by atoms with E-state index in [1.165, 1.54) is 25.6 Å². The van der Waals surface area contributed by atoms with E-state index in [2.05, 4.69) is 4.98 Å². The molecule has 2 aromatic carbocycles. The van der Waals surface area contributed by atoms with Crippen LogP contribution in [0.2, 0.25) is 0 Å². The maximum Gasteiger partial charge on any atom is 0.416 e. The first-order valence-electron chi connectivity index (χ1n) is 8.61. The number of methoxy groups -OCH3 is 2. The van der Waals surface area contributed by atoms with E-state index >= 15 is 0 Å². The van der Waals surface area contributed by atoms with Gasteiger partial charge in [0.25, 0.3) is 0 Å². The smallest absolute Gasteiger partial charge is 0.416 e. The highest BCUT2D eigenvalue weighted by Crippen LogP contribution is 2.40. The Bertz CT molecular complexity index is 1030. The highest BCUT2D eigenvalue weighted by Gasteiger charge is 2.37. The van der Waals surface area contributed by atoms with Crippen LogP contribution >= 0.6 is 11.3 Å². The van der Waals surface area contributed by atoms with Crippen molar-refractivity contribution in [1.82, 2.24) is 4.98 Å². The van der Waals surface area contributed by atoms with Gasteiger partial charge in [-0.3, -0.25) is 0 Å². The summed E-state index contributed by atoms with van der Waals surface area (Å²) in [6.45, 7) is -0.318. The molecule has 4 nitrogen and oxygen atoms in total. The second kappa shape index (κ2) is 8.66. The molecule has 31 heavy (non-hydrogen) atoms. The summed E-state index contributed by atoms with van der Waals surface area (Å²) in [5.74, 6) is 0.367. The molecule has 166 valence electrons. The quantitative estimate of drug-likeness (QED) is 0.395. The minimum Gasteiger partial charge on any atom is -0.493 e. The highest BCUT2D eigenvalue weighted by atomic mass is 32.1. The number of hydrogen-bond acceptors (Lipinski definition) is 5. The molecule has 0 aliphatic heterocycles. The van der Waals surface area contributed by atoms with Crippen LogP contribution < -0.4 is 14.2 Å². The molecule has 0 unspecified atom stereocenters. The average Bonchev–Trinajstić information content (AvgIpc) is 3.19. The number of alkyl halides is 6. The van der Waals surface area contributed by atoms with E-state index in [9.17, 15) is 26.3 Å². The third kappa shape index (κ3) is 5.22. The zero-order valence-corrected chi connectivity index (χ0v) is 16.9. The third-order valence-electron chi connectivity index (χ3n) is 4.13. The van der Waals surface area contributed by atoms with Crippen molar-refractivity contribution in [3.05, 3.63) is 58.6 Å². The SMILES string of the molecule is COc1cccc(-c2nc(COc3cc(C(F)(F)F)cc(C(F)(F)F)c3)cs2)c1OC. The van der Waals surface area contributed by atoms with Crippen molar-refractivity contribution in [2.45, 2.75) is 19.0 Å². The Balaban J connectivity index is 1.85. The van der Waals surface area contributed by atoms with Crippen LogP contribution in [-0.2, 0) is 19.0 Å². The molecule has 11 heteroatoms. The molecule has 1 heterocycles. The Morgan fingerprint density at radius 1 is 0.903 bits per heavy atom. The van der Waals surface area contributed by atoms with E-state index in [1.54, 1.807) is 23.6 Å². The van der Waals surface area contributed by atoms with Gasteiger partial charge in [-0.2, -0.15) is 26.3 Å². The van der Waals surface area contributed by atoms with E-state index in [0.29, 0.717) is 39.9 Å². The minimum atomic E-state index is -4.95. The number of aromatic nitrogens is 1. The molecule has 0 aliphatic carbocycles. The van der Waals surface area contributed by atoms with Gasteiger partial charge in [0, 0.05) is 5.38 Å². The summed E-state index contributed by atoms with van der Waals surface area (Å²) in [7, 11) is 2.94. The number of nitrogens with zero attached hydrogens (tertiary/aromatic N) is 1. The van der Waals surface area contributed by atoms with Crippen molar-refractivity contribution in [1.29, 1.82) is 0 Å². The van der Waals surface area contributed by atoms with Crippen LogP contribution in [0.5, 0.6) is 17.2 Å². The van der Waals surface area contributed by atoms with E-state index in [-0.39, 0.29) is 12.7 Å². The maximum absolute atomic E-state index is 13.0. The van der Waals surface area contributed by atoms with Crippen molar-refractivity contribution in [2.24, 2.45) is 0 Å². The first-order chi connectivity index (χ1) is 14.5. The summed E-state index contributed by atoms with van der Waals surface area (Å²) >= 11 is 1.21. The van der Waals surface area contributed by atoms with Crippen molar-refractivity contribution >= 4 is 11.3 Å². The molecule has 0 saturated carbocycles. The molecular formula is C20H15F6NO3S. The summed E-state index contributed by atoms with van der Waals surface area (Å²) in [5, 5.41) is 2.11. The van der Waals surface area contributed by atoms with Crippen LogP contribution in [0.25, 0.3) is 10.6 Å². The standard InChI is InChI=1S/C20H15F6NO3S/c1-28-16-5-3-4-15(17(16)29-2)18-27-13(10-31-18)9-30-14-7-11(19(21,22)23)6-12(8-14)20(24,25)26/h3-8,10H,9H2,1-2H3. The molecule has 0 bridgehead atoms. The van der Waals surface area contributed by atoms with Crippen LogP contribution in [0.4, 0.5) is 26.3 Å². The van der Waals surface area contributed by atoms with Gasteiger partial charge in [0.05, 0.1) is 36.6 Å². The number of halogens is 6. The van der Waals surface area contributed by atoms with Gasteiger partial charge in [-0.1, -0.05) is 6.07 Å². The Morgan fingerprint density at radius 3 is 2.10 bits per heavy atom. The van der Waals surface area contributed by atoms with Crippen molar-refractivity contribution in [3.63, 3.8) is 0 Å². The fraction of sp³-hybridized carbons (Fsp3) is 0.250. The predicted octanol–water partition coefficient (Wildman–Crippen LogP) is 6.44. The molecule has 0 N–H and O–H groups in total. The van der Waals surface area contributed by atoms with Crippen LogP contribution in [0.15, 0.2) is 41.8 Å². The van der Waals surface area contributed by atoms with Gasteiger partial charge in [-0.15, -0.1) is 11.3 Å². The lowest BCUT2D eigenvalue weighted by Gasteiger charge is -2.14. The topological polar surface area (TPSA) is 40.6 Å². The lowest BCUT2D eigenvalue weighted by molar-refractivity contribution is -0.143. The first-order valence-corrected chi connectivity index (χ1v) is 9.49. The number of ether oxygens (including phenoxy) is 3.